The Morgan fingerprint density at radius 1 is 1.18 bits per heavy atom. The Labute approximate surface area is 157 Å². The zero-order valence-electron chi connectivity index (χ0n) is 14.6. The van der Waals surface area contributed by atoms with Gasteiger partial charge in [0.2, 0.25) is 0 Å². The lowest BCUT2D eigenvalue weighted by Gasteiger charge is -2.11. The van der Waals surface area contributed by atoms with E-state index in [0.29, 0.717) is 5.56 Å². The van der Waals surface area contributed by atoms with Crippen LogP contribution in [-0.2, 0) is 19.3 Å². The number of hydrogen-bond donors (Lipinski definition) is 1. The molecule has 7 nitrogen and oxygen atoms in total. The predicted molar refractivity (Wildman–Crippen MR) is 91.7 cm³/mol. The average molecular weight is 392 g/mol. The summed E-state index contributed by atoms with van der Waals surface area (Å²) in [6, 6.07) is 8.57. The first kappa shape index (κ1) is 19.3. The summed E-state index contributed by atoms with van der Waals surface area (Å²) in [5, 5.41) is 12.6. The van der Waals surface area contributed by atoms with Gasteiger partial charge in [-0.2, -0.15) is 28.2 Å². The van der Waals surface area contributed by atoms with Crippen molar-refractivity contribution < 1.29 is 27.8 Å². The van der Waals surface area contributed by atoms with Gasteiger partial charge in [-0.25, -0.2) is 9.48 Å². The SMILES string of the molecule is CCc1ccc(-c2cc(C(F)(F)F)nc(OCn3ccc(C(=O)O)n3)n2)cc1. The number of aromatic carboxylic acids is 1. The van der Waals surface area contributed by atoms with Crippen LogP contribution in [0.5, 0.6) is 6.01 Å². The summed E-state index contributed by atoms with van der Waals surface area (Å²) >= 11 is 0. The van der Waals surface area contributed by atoms with Crippen molar-refractivity contribution in [2.24, 2.45) is 0 Å². The molecule has 2 aromatic heterocycles. The van der Waals surface area contributed by atoms with Crippen molar-refractivity contribution in [2.45, 2.75) is 26.3 Å². The largest absolute Gasteiger partial charge is 0.476 e. The maximum atomic E-state index is 13.2. The van der Waals surface area contributed by atoms with E-state index < -0.39 is 23.8 Å². The third-order valence-electron chi connectivity index (χ3n) is 3.84. The molecule has 1 N–H and O–H groups in total. The molecule has 3 rings (SSSR count). The number of carbonyl (C=O) groups is 1. The van der Waals surface area contributed by atoms with E-state index in [1.165, 1.54) is 12.3 Å². The fraction of sp³-hybridized carbons (Fsp3) is 0.222. The smallest absolute Gasteiger partial charge is 0.433 e. The summed E-state index contributed by atoms with van der Waals surface area (Å²) in [5.41, 5.74) is 0.233. The monoisotopic (exact) mass is 392 g/mol. The fourth-order valence-electron chi connectivity index (χ4n) is 2.37. The fourth-order valence-corrected chi connectivity index (χ4v) is 2.37. The summed E-state index contributed by atoms with van der Waals surface area (Å²) in [6.45, 7) is 1.63. The molecule has 28 heavy (non-hydrogen) atoms. The van der Waals surface area contributed by atoms with Crippen molar-refractivity contribution in [3.05, 3.63) is 59.5 Å². The van der Waals surface area contributed by atoms with E-state index in [0.717, 1.165) is 22.7 Å². The number of nitrogens with zero attached hydrogens (tertiary/aromatic N) is 4. The summed E-state index contributed by atoms with van der Waals surface area (Å²) in [4.78, 5) is 18.3. The maximum absolute atomic E-state index is 13.2. The Bertz CT molecular complexity index is 984. The number of carboxylic acid groups (broad SMARTS) is 1. The van der Waals surface area contributed by atoms with Gasteiger partial charge in [0.05, 0.1) is 5.69 Å². The normalized spacial score (nSPS) is 11.4. The van der Waals surface area contributed by atoms with E-state index in [-0.39, 0.29) is 18.1 Å². The van der Waals surface area contributed by atoms with Crippen LogP contribution in [0.25, 0.3) is 11.3 Å². The second-order valence-corrected chi connectivity index (χ2v) is 5.79. The number of benzene rings is 1. The topological polar surface area (TPSA) is 90.1 Å². The number of rotatable bonds is 6. The van der Waals surface area contributed by atoms with Crippen LogP contribution in [-0.4, -0.2) is 30.8 Å². The van der Waals surface area contributed by atoms with E-state index in [4.69, 9.17) is 9.84 Å². The molecule has 146 valence electrons. The molecule has 0 aliphatic heterocycles. The van der Waals surface area contributed by atoms with Gasteiger partial charge < -0.3 is 9.84 Å². The van der Waals surface area contributed by atoms with E-state index in [1.54, 1.807) is 12.1 Å². The molecule has 0 fully saturated rings. The highest BCUT2D eigenvalue weighted by atomic mass is 19.4. The lowest BCUT2D eigenvalue weighted by atomic mass is 10.1. The van der Waals surface area contributed by atoms with Crippen molar-refractivity contribution in [1.82, 2.24) is 19.7 Å². The van der Waals surface area contributed by atoms with Crippen molar-refractivity contribution >= 4 is 5.97 Å². The maximum Gasteiger partial charge on any atom is 0.433 e. The Balaban J connectivity index is 1.89. The van der Waals surface area contributed by atoms with Crippen molar-refractivity contribution in [3.63, 3.8) is 0 Å². The van der Waals surface area contributed by atoms with Crippen LogP contribution in [0, 0.1) is 0 Å². The average Bonchev–Trinajstić information content (AvgIpc) is 3.15. The molecule has 0 bridgehead atoms. The van der Waals surface area contributed by atoms with Crippen molar-refractivity contribution in [3.8, 4) is 17.3 Å². The highest BCUT2D eigenvalue weighted by Crippen LogP contribution is 2.31. The molecule has 0 saturated carbocycles. The van der Waals surface area contributed by atoms with Crippen LogP contribution >= 0.6 is 0 Å². The molecule has 1 aromatic carbocycles. The first-order valence-electron chi connectivity index (χ1n) is 8.21. The number of hydrogen-bond acceptors (Lipinski definition) is 5. The van der Waals surface area contributed by atoms with Crippen LogP contribution in [0.4, 0.5) is 13.2 Å². The minimum absolute atomic E-state index is 0.0617. The quantitative estimate of drug-likeness (QED) is 0.689. The van der Waals surface area contributed by atoms with Crippen LogP contribution in [0.15, 0.2) is 42.6 Å². The van der Waals surface area contributed by atoms with Gasteiger partial charge in [-0.15, -0.1) is 0 Å². The number of carboxylic acids is 1. The molecule has 0 saturated heterocycles. The number of alkyl halides is 3. The van der Waals surface area contributed by atoms with Gasteiger partial charge in [0, 0.05) is 11.8 Å². The van der Waals surface area contributed by atoms with Gasteiger partial charge in [0.1, 0.15) is 0 Å². The summed E-state index contributed by atoms with van der Waals surface area (Å²) < 4.78 is 46.0. The first-order chi connectivity index (χ1) is 13.3. The molecule has 10 heteroatoms. The van der Waals surface area contributed by atoms with Gasteiger partial charge in [-0.3, -0.25) is 0 Å². The van der Waals surface area contributed by atoms with Crippen LogP contribution in [0.2, 0.25) is 0 Å². The van der Waals surface area contributed by atoms with Gasteiger partial charge in [-0.1, -0.05) is 31.2 Å². The van der Waals surface area contributed by atoms with E-state index in [9.17, 15) is 18.0 Å². The molecule has 0 aliphatic carbocycles. The minimum Gasteiger partial charge on any atom is -0.476 e. The van der Waals surface area contributed by atoms with Gasteiger partial charge >= 0.3 is 18.2 Å². The summed E-state index contributed by atoms with van der Waals surface area (Å²) in [7, 11) is 0. The molecule has 0 amide bonds. The third-order valence-corrected chi connectivity index (χ3v) is 3.84. The van der Waals surface area contributed by atoms with Crippen LogP contribution < -0.4 is 4.74 Å². The van der Waals surface area contributed by atoms with Crippen LogP contribution in [0.1, 0.15) is 28.7 Å². The summed E-state index contributed by atoms with van der Waals surface area (Å²) in [6.07, 6.45) is -2.56. The highest BCUT2D eigenvalue weighted by Gasteiger charge is 2.34. The standard InChI is InChI=1S/C18H15F3N4O3/c1-2-11-3-5-12(6-4-11)14-9-15(18(19,20)21)23-17(22-14)28-10-25-8-7-13(24-25)16(26)27/h3-9H,2,10H2,1H3,(H,26,27). The predicted octanol–water partition coefficient (Wildman–Crippen LogP) is 3.66. The van der Waals surface area contributed by atoms with E-state index >= 15 is 0 Å². The zero-order valence-corrected chi connectivity index (χ0v) is 14.6. The Morgan fingerprint density at radius 3 is 2.46 bits per heavy atom. The first-order valence-corrected chi connectivity index (χ1v) is 8.21. The second kappa shape index (κ2) is 7.67. The van der Waals surface area contributed by atoms with Gasteiger partial charge in [0.15, 0.2) is 18.1 Å². The van der Waals surface area contributed by atoms with Crippen molar-refractivity contribution in [1.29, 1.82) is 0 Å². The lowest BCUT2D eigenvalue weighted by molar-refractivity contribution is -0.141. The van der Waals surface area contributed by atoms with Gasteiger partial charge in [-0.05, 0) is 24.1 Å². The molecule has 0 radical (unpaired) electrons. The Kier molecular flexibility index (Phi) is 5.30. The number of halogens is 3. The molecule has 0 atom stereocenters. The van der Waals surface area contributed by atoms with Crippen molar-refractivity contribution in [2.75, 3.05) is 0 Å². The number of ether oxygens (including phenoxy) is 1. The Morgan fingerprint density at radius 2 is 1.89 bits per heavy atom. The molecule has 3 aromatic rings. The number of aryl methyl sites for hydroxylation is 1. The molecular formula is C18H15F3N4O3. The summed E-state index contributed by atoms with van der Waals surface area (Å²) in [5.74, 6) is -1.23. The minimum atomic E-state index is -4.68. The number of aromatic nitrogens is 4. The third kappa shape index (κ3) is 4.45. The van der Waals surface area contributed by atoms with E-state index in [2.05, 4.69) is 15.1 Å². The highest BCUT2D eigenvalue weighted by molar-refractivity contribution is 5.85. The van der Waals surface area contributed by atoms with E-state index in [1.807, 2.05) is 19.1 Å². The molecular weight excluding hydrogens is 377 g/mol. The molecule has 0 unspecified atom stereocenters. The molecule has 2 heterocycles. The molecule has 0 spiro atoms. The zero-order chi connectivity index (χ0) is 20.3. The molecule has 0 aliphatic rings. The Hall–Kier alpha value is -3.43. The second-order valence-electron chi connectivity index (χ2n) is 5.79. The van der Waals surface area contributed by atoms with Crippen LogP contribution in [0.3, 0.4) is 0 Å². The van der Waals surface area contributed by atoms with Gasteiger partial charge in [0.25, 0.3) is 0 Å². The lowest BCUT2D eigenvalue weighted by Crippen LogP contribution is -2.13.